The molecule has 0 saturated carbocycles. The third-order valence-electron chi connectivity index (χ3n) is 5.74. The maximum Gasteiger partial charge on any atom is 0.130 e. The molecule has 0 aliphatic rings. The first kappa shape index (κ1) is 20.5. The van der Waals surface area contributed by atoms with Gasteiger partial charge in [-0.2, -0.15) is 12.6 Å². The van der Waals surface area contributed by atoms with Gasteiger partial charge in [0.1, 0.15) is 5.60 Å². The van der Waals surface area contributed by atoms with Crippen LogP contribution in [0.5, 0.6) is 0 Å². The molecule has 2 heteroatoms. The minimum Gasteiger partial charge on any atom is -0.379 e. The van der Waals surface area contributed by atoms with E-state index in [0.29, 0.717) is 12.8 Å². The van der Waals surface area contributed by atoms with Crippen molar-refractivity contribution in [3.8, 4) is 0 Å². The van der Waals surface area contributed by atoms with Crippen molar-refractivity contribution in [2.24, 2.45) is 0 Å². The van der Waals surface area contributed by atoms with Gasteiger partial charge in [0, 0.05) is 0 Å². The van der Waals surface area contributed by atoms with Crippen LogP contribution in [0.3, 0.4) is 0 Å². The largest absolute Gasteiger partial charge is 0.379 e. The Morgan fingerprint density at radius 1 is 0.500 bits per heavy atom. The van der Waals surface area contributed by atoms with Crippen molar-refractivity contribution in [2.75, 3.05) is 0 Å². The number of hydrogen-bond acceptors (Lipinski definition) is 2. The van der Waals surface area contributed by atoms with Crippen molar-refractivity contribution in [2.45, 2.75) is 23.2 Å². The number of hydrogen-bond donors (Lipinski definition) is 2. The van der Waals surface area contributed by atoms with Crippen molar-refractivity contribution in [3.05, 3.63) is 144 Å². The van der Waals surface area contributed by atoms with Crippen LogP contribution in [-0.2, 0) is 18.4 Å². The van der Waals surface area contributed by atoms with Crippen LogP contribution < -0.4 is 0 Å². The quantitative estimate of drug-likeness (QED) is 0.354. The highest BCUT2D eigenvalue weighted by Crippen LogP contribution is 2.47. The molecule has 1 nitrogen and oxygen atoms in total. The Balaban J connectivity index is 1.91. The Morgan fingerprint density at radius 2 is 0.800 bits per heavy atom. The highest BCUT2D eigenvalue weighted by molar-refractivity contribution is 7.82. The molecule has 0 heterocycles. The second kappa shape index (κ2) is 8.91. The van der Waals surface area contributed by atoms with Gasteiger partial charge in [-0.3, -0.25) is 0 Å². The van der Waals surface area contributed by atoms with E-state index in [4.69, 9.17) is 12.6 Å². The molecular formula is C28H26OS. The Kier molecular flexibility index (Phi) is 6.08. The van der Waals surface area contributed by atoms with Crippen molar-refractivity contribution in [3.63, 3.8) is 0 Å². The molecule has 4 rings (SSSR count). The van der Waals surface area contributed by atoms with E-state index in [-0.39, 0.29) is 0 Å². The summed E-state index contributed by atoms with van der Waals surface area (Å²) in [5.74, 6) is 0. The van der Waals surface area contributed by atoms with E-state index in [2.05, 4.69) is 24.3 Å². The second-order valence-corrected chi connectivity index (χ2v) is 8.65. The van der Waals surface area contributed by atoms with Gasteiger partial charge < -0.3 is 5.11 Å². The summed E-state index contributed by atoms with van der Waals surface area (Å²) in [6, 6.07) is 40.4. The Bertz CT molecular complexity index is 966. The summed E-state index contributed by atoms with van der Waals surface area (Å²) in [5, 5.41) is 12.5. The van der Waals surface area contributed by atoms with Gasteiger partial charge in [0.25, 0.3) is 0 Å². The van der Waals surface area contributed by atoms with Gasteiger partial charge in [-0.25, -0.2) is 0 Å². The minimum atomic E-state index is -1.29. The zero-order valence-corrected chi connectivity index (χ0v) is 17.8. The van der Waals surface area contributed by atoms with Crippen LogP contribution in [0.4, 0.5) is 0 Å². The van der Waals surface area contributed by atoms with Gasteiger partial charge in [0.2, 0.25) is 0 Å². The molecule has 150 valence electrons. The van der Waals surface area contributed by atoms with E-state index >= 15 is 0 Å². The summed E-state index contributed by atoms with van der Waals surface area (Å²) in [6.45, 7) is 0. The molecule has 0 radical (unpaired) electrons. The Hall–Kier alpha value is -2.81. The van der Waals surface area contributed by atoms with Gasteiger partial charge in [-0.1, -0.05) is 121 Å². The van der Waals surface area contributed by atoms with Crippen molar-refractivity contribution >= 4 is 12.6 Å². The number of benzene rings is 4. The van der Waals surface area contributed by atoms with Crippen molar-refractivity contribution in [1.29, 1.82) is 0 Å². The highest BCUT2D eigenvalue weighted by Gasteiger charge is 2.50. The van der Waals surface area contributed by atoms with Crippen LogP contribution in [0.2, 0.25) is 0 Å². The summed E-state index contributed by atoms with van der Waals surface area (Å²) in [4.78, 5) is 0. The van der Waals surface area contributed by atoms with E-state index in [0.717, 1.165) is 22.3 Å². The Morgan fingerprint density at radius 3 is 1.13 bits per heavy atom. The summed E-state index contributed by atoms with van der Waals surface area (Å²) < 4.78 is -0.779. The number of thiol groups is 1. The average molecular weight is 411 g/mol. The molecule has 0 unspecified atom stereocenters. The smallest absolute Gasteiger partial charge is 0.130 e. The molecule has 30 heavy (non-hydrogen) atoms. The fourth-order valence-corrected chi connectivity index (χ4v) is 4.87. The second-order valence-electron chi connectivity index (χ2n) is 7.80. The van der Waals surface area contributed by atoms with Crippen LogP contribution in [0.25, 0.3) is 0 Å². The number of aliphatic hydroxyl groups is 1. The predicted molar refractivity (Wildman–Crippen MR) is 128 cm³/mol. The lowest BCUT2D eigenvalue weighted by Crippen LogP contribution is -2.51. The molecular weight excluding hydrogens is 384 g/mol. The van der Waals surface area contributed by atoms with Gasteiger partial charge in [-0.15, -0.1) is 0 Å². The zero-order chi connectivity index (χ0) is 20.9. The highest BCUT2D eigenvalue weighted by atomic mass is 32.1. The van der Waals surface area contributed by atoms with Crippen LogP contribution in [0.15, 0.2) is 121 Å². The van der Waals surface area contributed by atoms with E-state index < -0.39 is 10.3 Å². The lowest BCUT2D eigenvalue weighted by atomic mass is 9.70. The standard InChI is InChI=1S/C28H26OS/c29-28(25-17-9-3-10-18-25,26-19-11-4-12-20-26)27(30,21-23-13-5-1-6-14-23)22-24-15-7-2-8-16-24/h1-20,29-30H,21-22H2. The van der Waals surface area contributed by atoms with Crippen molar-refractivity contribution < 1.29 is 5.11 Å². The molecule has 0 bridgehead atoms. The molecule has 0 amide bonds. The monoisotopic (exact) mass is 410 g/mol. The summed E-state index contributed by atoms with van der Waals surface area (Å²) >= 11 is 5.29. The predicted octanol–water partition coefficient (Wildman–Crippen LogP) is 6.08. The van der Waals surface area contributed by atoms with Crippen LogP contribution in [0.1, 0.15) is 22.3 Å². The minimum absolute atomic E-state index is 0.617. The molecule has 0 spiro atoms. The number of rotatable bonds is 7. The maximum absolute atomic E-state index is 12.5. The molecule has 4 aromatic carbocycles. The summed E-state index contributed by atoms with van der Waals surface area (Å²) in [6.07, 6.45) is 1.23. The normalized spacial score (nSPS) is 11.9. The topological polar surface area (TPSA) is 20.2 Å². The van der Waals surface area contributed by atoms with Crippen LogP contribution >= 0.6 is 12.6 Å². The molecule has 0 fully saturated rings. The lowest BCUT2D eigenvalue weighted by Gasteiger charge is -2.45. The first-order chi connectivity index (χ1) is 14.6. The van der Waals surface area contributed by atoms with Crippen LogP contribution in [0, 0.1) is 0 Å². The van der Waals surface area contributed by atoms with E-state index in [1.165, 1.54) is 0 Å². The Labute approximate surface area is 184 Å². The van der Waals surface area contributed by atoms with E-state index in [9.17, 15) is 5.11 Å². The molecule has 0 aliphatic carbocycles. The van der Waals surface area contributed by atoms with E-state index in [1.54, 1.807) is 0 Å². The van der Waals surface area contributed by atoms with Crippen molar-refractivity contribution in [1.82, 2.24) is 0 Å². The molecule has 0 saturated heterocycles. The molecule has 4 aromatic rings. The third-order valence-corrected chi connectivity index (χ3v) is 6.38. The van der Waals surface area contributed by atoms with Gasteiger partial charge in [-0.05, 0) is 35.1 Å². The molecule has 1 N–H and O–H groups in total. The first-order valence-electron chi connectivity index (χ1n) is 10.3. The molecule has 0 aromatic heterocycles. The average Bonchev–Trinajstić information content (AvgIpc) is 2.81. The lowest BCUT2D eigenvalue weighted by molar-refractivity contribution is 0.0358. The third kappa shape index (κ3) is 4.07. The SMILES string of the molecule is OC(c1ccccc1)(c1ccccc1)C(S)(Cc1ccccc1)Cc1ccccc1. The zero-order valence-electron chi connectivity index (χ0n) is 16.9. The summed E-state index contributed by atoms with van der Waals surface area (Å²) in [5.41, 5.74) is 2.70. The van der Waals surface area contributed by atoms with E-state index in [1.807, 2.05) is 97.1 Å². The molecule has 0 aliphatic heterocycles. The fraction of sp³-hybridized carbons (Fsp3) is 0.143. The first-order valence-corrected chi connectivity index (χ1v) is 10.7. The van der Waals surface area contributed by atoms with Gasteiger partial charge >= 0.3 is 0 Å². The molecule has 0 atom stereocenters. The fourth-order valence-electron chi connectivity index (χ4n) is 4.25. The summed E-state index contributed by atoms with van der Waals surface area (Å²) in [7, 11) is 0. The van der Waals surface area contributed by atoms with Gasteiger partial charge in [0.15, 0.2) is 0 Å². The van der Waals surface area contributed by atoms with Gasteiger partial charge in [0.05, 0.1) is 4.75 Å². The maximum atomic E-state index is 12.5. The van der Waals surface area contributed by atoms with Crippen LogP contribution in [-0.4, -0.2) is 9.85 Å².